The molecule has 0 N–H and O–H groups in total. The molecule has 0 radical (unpaired) electrons. The second kappa shape index (κ2) is 8.68. The molecule has 1 aromatic carbocycles. The Bertz CT molecular complexity index is 641. The number of piperazine rings is 1. The van der Waals surface area contributed by atoms with E-state index in [0.717, 1.165) is 42.6 Å². The van der Waals surface area contributed by atoms with E-state index in [1.807, 2.05) is 15.9 Å². The van der Waals surface area contributed by atoms with Crippen LogP contribution >= 0.6 is 34.2 Å². The van der Waals surface area contributed by atoms with Gasteiger partial charge in [0.1, 0.15) is 0 Å². The Hall–Kier alpha value is -0.860. The van der Waals surface area contributed by atoms with Crippen molar-refractivity contribution in [2.24, 2.45) is 0 Å². The van der Waals surface area contributed by atoms with Crippen molar-refractivity contribution in [3.8, 4) is 0 Å². The lowest BCUT2D eigenvalue weighted by atomic mass is 10.1. The third-order valence-electron chi connectivity index (χ3n) is 4.89. The zero-order valence-corrected chi connectivity index (χ0v) is 17.1. The smallest absolute Gasteiger partial charge is 0.255 e. The molecule has 5 nitrogen and oxygen atoms in total. The van der Waals surface area contributed by atoms with Crippen molar-refractivity contribution < 1.29 is 9.59 Å². The van der Waals surface area contributed by atoms with Gasteiger partial charge in [0.2, 0.25) is 5.91 Å². The minimum atomic E-state index is 0.0221. The molecule has 2 aliphatic heterocycles. The van der Waals surface area contributed by atoms with Crippen LogP contribution in [0, 0.1) is 3.57 Å². The summed E-state index contributed by atoms with van der Waals surface area (Å²) < 4.78 is 0.912. The number of nitrogens with zero attached hydrogens (tertiary/aromatic N) is 3. The summed E-state index contributed by atoms with van der Waals surface area (Å²) >= 11 is 8.20. The first-order valence-electron chi connectivity index (χ1n) is 8.79. The SMILES string of the molecule is O=C(CN1CCN(C(=O)c2cc(Cl)ccc2I)CC1)N1CCCCC1. The van der Waals surface area contributed by atoms with Crippen LogP contribution in [0.25, 0.3) is 0 Å². The van der Waals surface area contributed by atoms with E-state index in [1.165, 1.54) is 6.42 Å². The molecule has 2 heterocycles. The van der Waals surface area contributed by atoms with Gasteiger partial charge in [-0.25, -0.2) is 0 Å². The molecule has 7 heteroatoms. The van der Waals surface area contributed by atoms with E-state index in [1.54, 1.807) is 12.1 Å². The highest BCUT2D eigenvalue weighted by atomic mass is 127. The number of hydrogen-bond donors (Lipinski definition) is 0. The van der Waals surface area contributed by atoms with Crippen molar-refractivity contribution in [3.63, 3.8) is 0 Å². The standard InChI is InChI=1S/C18H23ClIN3O2/c19-14-4-5-16(20)15(12-14)18(25)23-10-8-21(9-11-23)13-17(24)22-6-2-1-3-7-22/h4-5,12H,1-3,6-11,13H2. The van der Waals surface area contributed by atoms with Crippen LogP contribution < -0.4 is 0 Å². The number of carbonyl (C=O) groups is 2. The third-order valence-corrected chi connectivity index (χ3v) is 6.06. The van der Waals surface area contributed by atoms with Crippen LogP contribution in [0.5, 0.6) is 0 Å². The van der Waals surface area contributed by atoms with Crippen molar-refractivity contribution >= 4 is 46.0 Å². The molecule has 0 unspecified atom stereocenters. The van der Waals surface area contributed by atoms with Gasteiger partial charge in [-0.1, -0.05) is 11.6 Å². The summed E-state index contributed by atoms with van der Waals surface area (Å²) in [6.07, 6.45) is 3.46. The molecule has 3 rings (SSSR count). The van der Waals surface area contributed by atoms with Crippen molar-refractivity contribution in [3.05, 3.63) is 32.4 Å². The summed E-state index contributed by atoms with van der Waals surface area (Å²) in [7, 11) is 0. The molecular weight excluding hydrogens is 453 g/mol. The van der Waals surface area contributed by atoms with Crippen LogP contribution in [0.4, 0.5) is 0 Å². The van der Waals surface area contributed by atoms with Gasteiger partial charge in [-0.2, -0.15) is 0 Å². The Morgan fingerprint density at radius 1 is 0.960 bits per heavy atom. The molecule has 2 aliphatic rings. The molecule has 0 aromatic heterocycles. The van der Waals surface area contributed by atoms with E-state index in [9.17, 15) is 9.59 Å². The molecule has 0 saturated carbocycles. The van der Waals surface area contributed by atoms with Gasteiger partial charge in [-0.15, -0.1) is 0 Å². The average molecular weight is 476 g/mol. The maximum absolute atomic E-state index is 12.7. The summed E-state index contributed by atoms with van der Waals surface area (Å²) in [6, 6.07) is 5.39. The van der Waals surface area contributed by atoms with E-state index >= 15 is 0 Å². The molecule has 0 bridgehead atoms. The van der Waals surface area contributed by atoms with Crippen molar-refractivity contribution in [1.82, 2.24) is 14.7 Å². The van der Waals surface area contributed by atoms with Crippen molar-refractivity contribution in [2.75, 3.05) is 45.8 Å². The van der Waals surface area contributed by atoms with Gasteiger partial charge in [0, 0.05) is 47.9 Å². The van der Waals surface area contributed by atoms with Crippen LogP contribution in [0.3, 0.4) is 0 Å². The first-order chi connectivity index (χ1) is 12.0. The Labute approximate surface area is 167 Å². The number of carbonyl (C=O) groups excluding carboxylic acids is 2. The van der Waals surface area contributed by atoms with Crippen LogP contribution in [0.2, 0.25) is 5.02 Å². The Morgan fingerprint density at radius 3 is 2.32 bits per heavy atom. The summed E-state index contributed by atoms with van der Waals surface area (Å²) in [5.74, 6) is 0.248. The third kappa shape index (κ3) is 4.86. The highest BCUT2D eigenvalue weighted by Crippen LogP contribution is 2.20. The fraction of sp³-hybridized carbons (Fsp3) is 0.556. The number of hydrogen-bond acceptors (Lipinski definition) is 3. The average Bonchev–Trinajstić information content (AvgIpc) is 2.64. The van der Waals surface area contributed by atoms with E-state index < -0.39 is 0 Å². The monoisotopic (exact) mass is 475 g/mol. The molecule has 0 aliphatic carbocycles. The Balaban J connectivity index is 1.52. The van der Waals surface area contributed by atoms with E-state index in [2.05, 4.69) is 27.5 Å². The highest BCUT2D eigenvalue weighted by molar-refractivity contribution is 14.1. The van der Waals surface area contributed by atoms with Gasteiger partial charge in [-0.3, -0.25) is 14.5 Å². The summed E-state index contributed by atoms with van der Waals surface area (Å²) in [5.41, 5.74) is 0.658. The fourth-order valence-electron chi connectivity index (χ4n) is 3.38. The topological polar surface area (TPSA) is 43.9 Å². The predicted molar refractivity (Wildman–Crippen MR) is 107 cm³/mol. The number of amides is 2. The maximum Gasteiger partial charge on any atom is 0.255 e. The number of rotatable bonds is 3. The lowest BCUT2D eigenvalue weighted by Gasteiger charge is -2.36. The summed E-state index contributed by atoms with van der Waals surface area (Å²) in [6.45, 7) is 5.03. The molecule has 2 saturated heterocycles. The first-order valence-corrected chi connectivity index (χ1v) is 10.2. The summed E-state index contributed by atoms with van der Waals surface area (Å²) in [5, 5.41) is 0.578. The number of halogens is 2. The van der Waals surface area contributed by atoms with Gasteiger partial charge >= 0.3 is 0 Å². The molecule has 25 heavy (non-hydrogen) atoms. The molecule has 2 fully saturated rings. The number of likely N-dealkylation sites (tertiary alicyclic amines) is 1. The second-order valence-electron chi connectivity index (χ2n) is 6.63. The van der Waals surface area contributed by atoms with Crippen molar-refractivity contribution in [1.29, 1.82) is 0 Å². The van der Waals surface area contributed by atoms with Gasteiger partial charge in [0.05, 0.1) is 12.1 Å². The van der Waals surface area contributed by atoms with Crippen LogP contribution in [0.15, 0.2) is 18.2 Å². The molecule has 1 aromatic rings. The van der Waals surface area contributed by atoms with Crippen LogP contribution in [0.1, 0.15) is 29.6 Å². The van der Waals surface area contributed by atoms with Crippen LogP contribution in [-0.4, -0.2) is 72.3 Å². The van der Waals surface area contributed by atoms with Gasteiger partial charge in [0.15, 0.2) is 0 Å². The molecular formula is C18H23ClIN3O2. The Morgan fingerprint density at radius 2 is 1.64 bits per heavy atom. The number of benzene rings is 1. The molecule has 0 atom stereocenters. The van der Waals surface area contributed by atoms with E-state index in [4.69, 9.17) is 11.6 Å². The highest BCUT2D eigenvalue weighted by Gasteiger charge is 2.26. The molecule has 136 valence electrons. The normalized spacial score (nSPS) is 19.1. The zero-order valence-electron chi connectivity index (χ0n) is 14.2. The first kappa shape index (κ1) is 18.9. The maximum atomic E-state index is 12.7. The predicted octanol–water partition coefficient (Wildman–Crippen LogP) is 2.71. The minimum absolute atomic E-state index is 0.0221. The molecule has 0 spiro atoms. The lowest BCUT2D eigenvalue weighted by Crippen LogP contribution is -2.52. The van der Waals surface area contributed by atoms with Gasteiger partial charge < -0.3 is 9.80 Å². The molecule has 2 amide bonds. The van der Waals surface area contributed by atoms with Crippen molar-refractivity contribution in [2.45, 2.75) is 19.3 Å². The Kier molecular flexibility index (Phi) is 6.57. The largest absolute Gasteiger partial charge is 0.342 e. The van der Waals surface area contributed by atoms with E-state index in [0.29, 0.717) is 30.2 Å². The number of piperidine rings is 1. The van der Waals surface area contributed by atoms with Crippen LogP contribution in [-0.2, 0) is 4.79 Å². The lowest BCUT2D eigenvalue weighted by molar-refractivity contribution is -0.133. The zero-order chi connectivity index (χ0) is 17.8. The fourth-order valence-corrected chi connectivity index (χ4v) is 4.11. The summed E-state index contributed by atoms with van der Waals surface area (Å²) in [4.78, 5) is 31.1. The van der Waals surface area contributed by atoms with E-state index in [-0.39, 0.29) is 11.8 Å². The van der Waals surface area contributed by atoms with Gasteiger partial charge in [0.25, 0.3) is 5.91 Å². The minimum Gasteiger partial charge on any atom is -0.342 e. The second-order valence-corrected chi connectivity index (χ2v) is 8.23. The quantitative estimate of drug-likeness (QED) is 0.632. The van der Waals surface area contributed by atoms with Gasteiger partial charge in [-0.05, 0) is 60.1 Å².